The zero-order valence-electron chi connectivity index (χ0n) is 15.4. The molecular weight excluding hydrogens is 385 g/mol. The van der Waals surface area contributed by atoms with Crippen molar-refractivity contribution in [3.8, 4) is 0 Å². The summed E-state index contributed by atoms with van der Waals surface area (Å²) in [7, 11) is -3.64. The van der Waals surface area contributed by atoms with Gasteiger partial charge in [-0.05, 0) is 49.4 Å². The van der Waals surface area contributed by atoms with Crippen LogP contribution in [0.15, 0.2) is 53.4 Å². The number of rotatable bonds is 6. The molecule has 1 aliphatic heterocycles. The number of carbonyl (C=O) groups is 1. The predicted molar refractivity (Wildman–Crippen MR) is 104 cm³/mol. The molecule has 1 fully saturated rings. The summed E-state index contributed by atoms with van der Waals surface area (Å²) in [6, 6.07) is 11.2. The fourth-order valence-electron chi connectivity index (χ4n) is 2.78. The van der Waals surface area contributed by atoms with Crippen molar-refractivity contribution >= 4 is 27.3 Å². The van der Waals surface area contributed by atoms with Crippen LogP contribution >= 0.6 is 0 Å². The summed E-state index contributed by atoms with van der Waals surface area (Å²) in [5.41, 5.74) is 0.986. The molecule has 9 heteroatoms. The fourth-order valence-corrected chi connectivity index (χ4v) is 4.24. The number of sulfonamides is 1. The summed E-state index contributed by atoms with van der Waals surface area (Å²) in [6.45, 7) is 2.99. The average molecular weight is 407 g/mol. The largest absolute Gasteiger partial charge is 0.379 e. The molecule has 0 unspecified atom stereocenters. The second-order valence-electron chi connectivity index (χ2n) is 6.41. The molecule has 2 aromatic rings. The average Bonchev–Trinajstić information content (AvgIpc) is 2.70. The van der Waals surface area contributed by atoms with Crippen molar-refractivity contribution in [2.75, 3.05) is 36.9 Å². The van der Waals surface area contributed by atoms with Gasteiger partial charge in [-0.15, -0.1) is 0 Å². The van der Waals surface area contributed by atoms with Gasteiger partial charge in [-0.1, -0.05) is 6.07 Å². The predicted octanol–water partition coefficient (Wildman–Crippen LogP) is 2.29. The lowest BCUT2D eigenvalue weighted by Gasteiger charge is -2.26. The first-order chi connectivity index (χ1) is 13.4. The Balaban J connectivity index is 1.68. The maximum Gasteiger partial charge on any atom is 0.246 e. The Morgan fingerprint density at radius 3 is 2.46 bits per heavy atom. The van der Waals surface area contributed by atoms with E-state index in [1.807, 2.05) is 0 Å². The van der Waals surface area contributed by atoms with Crippen molar-refractivity contribution in [2.24, 2.45) is 0 Å². The fraction of sp³-hybridized carbons (Fsp3) is 0.316. The first-order valence-corrected chi connectivity index (χ1v) is 10.3. The van der Waals surface area contributed by atoms with Crippen molar-refractivity contribution in [2.45, 2.75) is 17.9 Å². The van der Waals surface area contributed by atoms with E-state index in [1.165, 1.54) is 40.7 Å². The standard InChI is InChI=1S/C19H22FN3O4S/c1-14(21-16-7-5-15(20)6-8-16)19(24)22-17-3-2-4-18(13-17)28(25,26)23-9-11-27-12-10-23/h2-8,13-14,21H,9-12H2,1H3,(H,22,24)/t14-/m0/s1. The number of nitrogens with zero attached hydrogens (tertiary/aromatic N) is 1. The molecular formula is C19H22FN3O4S. The zero-order valence-corrected chi connectivity index (χ0v) is 16.2. The summed E-state index contributed by atoms with van der Waals surface area (Å²) in [5.74, 6) is -0.703. The smallest absolute Gasteiger partial charge is 0.246 e. The molecule has 1 heterocycles. The molecule has 1 amide bonds. The van der Waals surface area contributed by atoms with Gasteiger partial charge in [-0.2, -0.15) is 4.31 Å². The summed E-state index contributed by atoms with van der Waals surface area (Å²) < 4.78 is 45.0. The maximum atomic E-state index is 13.0. The zero-order chi connectivity index (χ0) is 20.1. The van der Waals surface area contributed by atoms with Crippen LogP contribution in [0.1, 0.15) is 6.92 Å². The lowest BCUT2D eigenvalue weighted by Crippen LogP contribution is -2.40. The Morgan fingerprint density at radius 1 is 1.11 bits per heavy atom. The van der Waals surface area contributed by atoms with Crippen LogP contribution in [-0.4, -0.2) is 51.0 Å². The highest BCUT2D eigenvalue weighted by atomic mass is 32.2. The van der Waals surface area contributed by atoms with Crippen LogP contribution in [-0.2, 0) is 19.6 Å². The van der Waals surface area contributed by atoms with Crippen LogP contribution in [0, 0.1) is 5.82 Å². The van der Waals surface area contributed by atoms with Gasteiger partial charge in [-0.25, -0.2) is 12.8 Å². The first-order valence-electron chi connectivity index (χ1n) is 8.87. The van der Waals surface area contributed by atoms with Gasteiger partial charge in [0.15, 0.2) is 0 Å². The lowest BCUT2D eigenvalue weighted by atomic mass is 10.2. The number of hydrogen-bond acceptors (Lipinski definition) is 5. The van der Waals surface area contributed by atoms with E-state index in [0.29, 0.717) is 37.7 Å². The molecule has 7 nitrogen and oxygen atoms in total. The molecule has 0 spiro atoms. The highest BCUT2D eigenvalue weighted by Gasteiger charge is 2.26. The van der Waals surface area contributed by atoms with Crippen LogP contribution in [0.4, 0.5) is 15.8 Å². The number of benzene rings is 2. The number of anilines is 2. The molecule has 0 saturated carbocycles. The van der Waals surface area contributed by atoms with Crippen LogP contribution in [0.25, 0.3) is 0 Å². The van der Waals surface area contributed by atoms with E-state index < -0.39 is 16.1 Å². The Hall–Kier alpha value is -2.49. The van der Waals surface area contributed by atoms with Crippen LogP contribution in [0.3, 0.4) is 0 Å². The molecule has 2 N–H and O–H groups in total. The van der Waals surface area contributed by atoms with E-state index in [1.54, 1.807) is 19.1 Å². The monoisotopic (exact) mass is 407 g/mol. The van der Waals surface area contributed by atoms with Gasteiger partial charge in [0.05, 0.1) is 18.1 Å². The van der Waals surface area contributed by atoms with Crippen molar-refractivity contribution in [3.63, 3.8) is 0 Å². The number of ether oxygens (including phenoxy) is 1. The Kier molecular flexibility index (Phi) is 6.28. The second kappa shape index (κ2) is 8.68. The van der Waals surface area contributed by atoms with E-state index in [2.05, 4.69) is 10.6 Å². The summed E-state index contributed by atoms with van der Waals surface area (Å²) in [5, 5.41) is 5.67. The molecule has 28 heavy (non-hydrogen) atoms. The summed E-state index contributed by atoms with van der Waals surface area (Å²) in [6.07, 6.45) is 0. The number of morpholine rings is 1. The molecule has 150 valence electrons. The topological polar surface area (TPSA) is 87.7 Å². The SMILES string of the molecule is C[C@H](Nc1ccc(F)cc1)C(=O)Nc1cccc(S(=O)(=O)N2CCOCC2)c1. The number of halogens is 1. The minimum atomic E-state index is -3.64. The van der Waals surface area contributed by atoms with E-state index in [0.717, 1.165) is 0 Å². The minimum absolute atomic E-state index is 0.117. The number of amides is 1. The molecule has 1 atom stereocenters. The maximum absolute atomic E-state index is 13.0. The highest BCUT2D eigenvalue weighted by molar-refractivity contribution is 7.89. The van der Waals surface area contributed by atoms with Crippen molar-refractivity contribution in [1.82, 2.24) is 4.31 Å². The van der Waals surface area contributed by atoms with Gasteiger partial charge < -0.3 is 15.4 Å². The van der Waals surface area contributed by atoms with Crippen molar-refractivity contribution in [3.05, 3.63) is 54.3 Å². The number of hydrogen-bond donors (Lipinski definition) is 2. The van der Waals surface area contributed by atoms with Crippen LogP contribution < -0.4 is 10.6 Å². The first kappa shape index (κ1) is 20.2. The van der Waals surface area contributed by atoms with E-state index in [-0.39, 0.29) is 16.6 Å². The third-order valence-electron chi connectivity index (χ3n) is 4.33. The molecule has 2 aromatic carbocycles. The third kappa shape index (κ3) is 4.86. The minimum Gasteiger partial charge on any atom is -0.379 e. The molecule has 0 bridgehead atoms. The van der Waals surface area contributed by atoms with Crippen LogP contribution in [0.5, 0.6) is 0 Å². The van der Waals surface area contributed by atoms with E-state index in [9.17, 15) is 17.6 Å². The van der Waals surface area contributed by atoms with Crippen molar-refractivity contribution < 1.29 is 22.3 Å². The summed E-state index contributed by atoms with van der Waals surface area (Å²) >= 11 is 0. The molecule has 0 aromatic heterocycles. The molecule has 1 saturated heterocycles. The van der Waals surface area contributed by atoms with Gasteiger partial charge in [-0.3, -0.25) is 4.79 Å². The van der Waals surface area contributed by atoms with E-state index >= 15 is 0 Å². The Labute approximate surface area is 163 Å². The van der Waals surface area contributed by atoms with Gasteiger partial charge >= 0.3 is 0 Å². The Morgan fingerprint density at radius 2 is 1.79 bits per heavy atom. The number of nitrogens with one attached hydrogen (secondary N) is 2. The van der Waals surface area contributed by atoms with Gasteiger partial charge in [0, 0.05) is 24.5 Å². The number of carbonyl (C=O) groups excluding carboxylic acids is 1. The lowest BCUT2D eigenvalue weighted by molar-refractivity contribution is -0.116. The molecule has 0 radical (unpaired) electrons. The third-order valence-corrected chi connectivity index (χ3v) is 6.22. The van der Waals surface area contributed by atoms with Crippen LogP contribution in [0.2, 0.25) is 0 Å². The molecule has 1 aliphatic rings. The van der Waals surface area contributed by atoms with Gasteiger partial charge in [0.25, 0.3) is 0 Å². The molecule has 0 aliphatic carbocycles. The van der Waals surface area contributed by atoms with E-state index in [4.69, 9.17) is 4.74 Å². The van der Waals surface area contributed by atoms with Gasteiger partial charge in [0.2, 0.25) is 15.9 Å². The Bertz CT molecular complexity index is 928. The summed E-state index contributed by atoms with van der Waals surface area (Å²) in [4.78, 5) is 12.5. The molecule has 3 rings (SSSR count). The quantitative estimate of drug-likeness (QED) is 0.767. The highest BCUT2D eigenvalue weighted by Crippen LogP contribution is 2.21. The van der Waals surface area contributed by atoms with Crippen molar-refractivity contribution in [1.29, 1.82) is 0 Å². The normalized spacial score (nSPS) is 16.4. The second-order valence-corrected chi connectivity index (χ2v) is 8.34. The van der Waals surface area contributed by atoms with Gasteiger partial charge in [0.1, 0.15) is 11.9 Å².